The first-order valence-corrected chi connectivity index (χ1v) is 7.76. The van der Waals surface area contributed by atoms with Crippen LogP contribution in [-0.2, 0) is 9.53 Å². The average molecular weight is 345 g/mol. The second-order valence-electron chi connectivity index (χ2n) is 6.11. The van der Waals surface area contributed by atoms with E-state index in [4.69, 9.17) is 14.6 Å². The highest BCUT2D eigenvalue weighted by Crippen LogP contribution is 2.21. The van der Waals surface area contributed by atoms with Gasteiger partial charge in [0.15, 0.2) is 0 Å². The third-order valence-corrected chi connectivity index (χ3v) is 2.79. The van der Waals surface area contributed by atoms with Crippen LogP contribution in [0, 0.1) is 11.8 Å². The van der Waals surface area contributed by atoms with E-state index in [0.717, 1.165) is 11.6 Å². The van der Waals surface area contributed by atoms with Gasteiger partial charge in [-0.3, -0.25) is 0 Å². The van der Waals surface area contributed by atoms with Crippen LogP contribution >= 0.6 is 0 Å². The monoisotopic (exact) mass is 345 g/mol. The Morgan fingerprint density at radius 2 is 2.04 bits per heavy atom. The van der Waals surface area contributed by atoms with Crippen molar-refractivity contribution in [3.05, 3.63) is 35.4 Å². The van der Waals surface area contributed by atoms with Crippen molar-refractivity contribution in [2.45, 2.75) is 32.8 Å². The Labute approximate surface area is 147 Å². The highest BCUT2D eigenvalue weighted by atomic mass is 16.6. The van der Waals surface area contributed by atoms with E-state index in [9.17, 15) is 9.59 Å². The molecule has 6 heteroatoms. The first-order valence-electron chi connectivity index (χ1n) is 7.76. The molecule has 1 amide bonds. The van der Waals surface area contributed by atoms with Crippen LogP contribution < -0.4 is 10.1 Å². The number of hydrogen-bond acceptors (Lipinski definition) is 4. The van der Waals surface area contributed by atoms with Gasteiger partial charge in [0.2, 0.25) is 0 Å². The molecular formula is C19H23NO5. The van der Waals surface area contributed by atoms with Gasteiger partial charge in [0, 0.05) is 30.2 Å². The SMILES string of the molecule is COc1ccc(C#CCCNC(=O)OC(C)(C)C)cc1/C=C/C(=O)O. The van der Waals surface area contributed by atoms with Gasteiger partial charge < -0.3 is 19.9 Å². The molecule has 0 saturated heterocycles. The summed E-state index contributed by atoms with van der Waals surface area (Å²) >= 11 is 0. The molecule has 0 spiro atoms. The summed E-state index contributed by atoms with van der Waals surface area (Å²) in [4.78, 5) is 22.1. The Hall–Kier alpha value is -2.94. The van der Waals surface area contributed by atoms with E-state index in [1.165, 1.54) is 13.2 Å². The number of rotatable bonds is 5. The van der Waals surface area contributed by atoms with Crippen molar-refractivity contribution in [1.82, 2.24) is 5.32 Å². The molecule has 0 heterocycles. The fraction of sp³-hybridized carbons (Fsp3) is 0.368. The molecule has 0 saturated carbocycles. The largest absolute Gasteiger partial charge is 0.496 e. The van der Waals surface area contributed by atoms with Crippen molar-refractivity contribution in [3.8, 4) is 17.6 Å². The van der Waals surface area contributed by atoms with Crippen LogP contribution in [0.2, 0.25) is 0 Å². The number of amides is 1. The first-order chi connectivity index (χ1) is 11.7. The highest BCUT2D eigenvalue weighted by molar-refractivity contribution is 5.86. The number of carboxylic acids is 1. The molecule has 25 heavy (non-hydrogen) atoms. The first kappa shape index (κ1) is 20.1. The smallest absolute Gasteiger partial charge is 0.407 e. The molecule has 134 valence electrons. The normalized spacial score (nSPS) is 10.7. The van der Waals surface area contributed by atoms with Gasteiger partial charge >= 0.3 is 12.1 Å². The number of hydrogen-bond donors (Lipinski definition) is 2. The lowest BCUT2D eigenvalue weighted by Gasteiger charge is -2.19. The zero-order valence-corrected chi connectivity index (χ0v) is 14.9. The third kappa shape index (κ3) is 8.47. The summed E-state index contributed by atoms with van der Waals surface area (Å²) in [5.41, 5.74) is 0.824. The predicted molar refractivity (Wildman–Crippen MR) is 95.4 cm³/mol. The van der Waals surface area contributed by atoms with Crippen molar-refractivity contribution >= 4 is 18.1 Å². The summed E-state index contributed by atoms with van der Waals surface area (Å²) < 4.78 is 10.3. The van der Waals surface area contributed by atoms with Crippen LogP contribution in [0.5, 0.6) is 5.75 Å². The molecule has 0 aliphatic rings. The number of carbonyl (C=O) groups excluding carboxylic acids is 1. The van der Waals surface area contributed by atoms with Crippen molar-refractivity contribution in [2.24, 2.45) is 0 Å². The van der Waals surface area contributed by atoms with Crippen LogP contribution in [0.4, 0.5) is 4.79 Å². The number of aliphatic carboxylic acids is 1. The van der Waals surface area contributed by atoms with E-state index in [0.29, 0.717) is 24.3 Å². The lowest BCUT2D eigenvalue weighted by atomic mass is 10.1. The number of nitrogens with one attached hydrogen (secondary N) is 1. The fourth-order valence-electron chi connectivity index (χ4n) is 1.81. The molecule has 2 N–H and O–H groups in total. The summed E-state index contributed by atoms with van der Waals surface area (Å²) in [6, 6.07) is 5.25. The Balaban J connectivity index is 2.63. The lowest BCUT2D eigenvalue weighted by Crippen LogP contribution is -2.32. The Morgan fingerprint density at radius 1 is 1.32 bits per heavy atom. The predicted octanol–water partition coefficient (Wildman–Crippen LogP) is 3.06. The molecule has 0 aliphatic carbocycles. The van der Waals surface area contributed by atoms with E-state index in [2.05, 4.69) is 17.2 Å². The lowest BCUT2D eigenvalue weighted by molar-refractivity contribution is -0.131. The van der Waals surface area contributed by atoms with Crippen LogP contribution in [0.25, 0.3) is 6.08 Å². The van der Waals surface area contributed by atoms with Gasteiger partial charge in [0.25, 0.3) is 0 Å². The number of methoxy groups -OCH3 is 1. The summed E-state index contributed by atoms with van der Waals surface area (Å²) in [6.45, 7) is 5.77. The summed E-state index contributed by atoms with van der Waals surface area (Å²) in [5, 5.41) is 11.4. The quantitative estimate of drug-likeness (QED) is 0.487. The number of carboxylic acid groups (broad SMARTS) is 1. The van der Waals surface area contributed by atoms with Gasteiger partial charge in [-0.25, -0.2) is 9.59 Å². The van der Waals surface area contributed by atoms with Gasteiger partial charge in [-0.05, 0) is 45.0 Å². The molecule has 0 bridgehead atoms. The van der Waals surface area contributed by atoms with Crippen LogP contribution in [0.3, 0.4) is 0 Å². The maximum absolute atomic E-state index is 11.5. The Kier molecular flexibility index (Phi) is 7.54. The topological polar surface area (TPSA) is 84.9 Å². The molecule has 1 aromatic rings. The molecule has 0 unspecified atom stereocenters. The molecule has 6 nitrogen and oxygen atoms in total. The van der Waals surface area contributed by atoms with Crippen molar-refractivity contribution in [1.29, 1.82) is 0 Å². The molecule has 1 aromatic carbocycles. The van der Waals surface area contributed by atoms with Crippen LogP contribution in [-0.4, -0.2) is 36.4 Å². The Bertz CT molecular complexity index is 705. The average Bonchev–Trinajstić information content (AvgIpc) is 2.51. The van der Waals surface area contributed by atoms with Crippen LogP contribution in [0.15, 0.2) is 24.3 Å². The number of benzene rings is 1. The van der Waals surface area contributed by atoms with Gasteiger partial charge in [-0.1, -0.05) is 11.8 Å². The van der Waals surface area contributed by atoms with E-state index < -0.39 is 17.7 Å². The zero-order valence-electron chi connectivity index (χ0n) is 14.9. The zero-order chi connectivity index (χ0) is 18.9. The third-order valence-electron chi connectivity index (χ3n) is 2.79. The summed E-state index contributed by atoms with van der Waals surface area (Å²) in [6.07, 6.45) is 2.49. The summed E-state index contributed by atoms with van der Waals surface area (Å²) in [7, 11) is 1.52. The van der Waals surface area contributed by atoms with Gasteiger partial charge in [-0.15, -0.1) is 0 Å². The fourth-order valence-corrected chi connectivity index (χ4v) is 1.81. The maximum atomic E-state index is 11.5. The van der Waals surface area contributed by atoms with Gasteiger partial charge in [-0.2, -0.15) is 0 Å². The van der Waals surface area contributed by atoms with E-state index in [1.54, 1.807) is 39.0 Å². The second-order valence-corrected chi connectivity index (χ2v) is 6.11. The van der Waals surface area contributed by atoms with Gasteiger partial charge in [0.05, 0.1) is 7.11 Å². The van der Waals surface area contributed by atoms with E-state index >= 15 is 0 Å². The van der Waals surface area contributed by atoms with Crippen LogP contribution in [0.1, 0.15) is 38.3 Å². The number of carbonyl (C=O) groups is 2. The minimum atomic E-state index is -1.04. The van der Waals surface area contributed by atoms with Crippen molar-refractivity contribution < 1.29 is 24.2 Å². The standard InChI is InChI=1S/C19H23NO5/c1-19(2,3)25-18(23)20-12-6-5-7-14-8-10-16(24-4)15(13-14)9-11-17(21)22/h8-11,13H,6,12H2,1-4H3,(H,20,23)(H,21,22)/b11-9+. The molecule has 0 aliphatic heterocycles. The molecule has 0 radical (unpaired) electrons. The molecule has 0 fully saturated rings. The van der Waals surface area contributed by atoms with E-state index in [-0.39, 0.29) is 0 Å². The van der Waals surface area contributed by atoms with Gasteiger partial charge in [0.1, 0.15) is 11.4 Å². The van der Waals surface area contributed by atoms with Crippen molar-refractivity contribution in [2.75, 3.05) is 13.7 Å². The molecule has 1 rings (SSSR count). The molecular weight excluding hydrogens is 322 g/mol. The highest BCUT2D eigenvalue weighted by Gasteiger charge is 2.15. The number of alkyl carbamates (subject to hydrolysis) is 1. The second kappa shape index (κ2) is 9.38. The Morgan fingerprint density at radius 3 is 2.64 bits per heavy atom. The van der Waals surface area contributed by atoms with Crippen molar-refractivity contribution in [3.63, 3.8) is 0 Å². The minimum Gasteiger partial charge on any atom is -0.496 e. The summed E-state index contributed by atoms with van der Waals surface area (Å²) in [5.74, 6) is 5.44. The minimum absolute atomic E-state index is 0.379. The molecule has 0 aromatic heterocycles. The number of ether oxygens (including phenoxy) is 2. The molecule has 0 atom stereocenters. The maximum Gasteiger partial charge on any atom is 0.407 e. The van der Waals surface area contributed by atoms with E-state index in [1.807, 2.05) is 0 Å².